The molecule has 0 bridgehead atoms. The van der Waals surface area contributed by atoms with Gasteiger partial charge in [-0.15, -0.1) is 15.3 Å². The molecule has 53 heavy (non-hydrogen) atoms. The third-order valence-corrected chi connectivity index (χ3v) is 10.1. The molecule has 278 valence electrons. The zero-order chi connectivity index (χ0) is 37.3. The molecule has 1 saturated heterocycles. The van der Waals surface area contributed by atoms with Crippen LogP contribution in [0.25, 0.3) is 11.3 Å². The van der Waals surface area contributed by atoms with Crippen LogP contribution in [0.4, 0.5) is 16.6 Å². The highest BCUT2D eigenvalue weighted by Crippen LogP contribution is 2.39. The molecule has 2 amide bonds. The Morgan fingerprint density at radius 2 is 1.79 bits per heavy atom. The van der Waals surface area contributed by atoms with Gasteiger partial charge in [-0.25, -0.2) is 9.48 Å². The van der Waals surface area contributed by atoms with Crippen LogP contribution in [0.3, 0.4) is 0 Å². The SMILES string of the molecule is C[C@H]1CCCCN1c1nnc2ccc(O[C@@H]3CC[C@H](NC(=O)N(OC=O)c4cc(C(C)(C)C)nn4-c4cccc(CN(C)C)c4)c4ccccc43)cn12. The number of hydrogen-bond acceptors (Lipinski definition) is 9. The zero-order valence-corrected chi connectivity index (χ0v) is 31.4. The van der Waals surface area contributed by atoms with Crippen LogP contribution in [-0.4, -0.2) is 68.5 Å². The second-order valence-electron chi connectivity index (χ2n) is 15.4. The molecule has 2 aromatic carbocycles. The van der Waals surface area contributed by atoms with E-state index in [-0.39, 0.29) is 24.0 Å². The van der Waals surface area contributed by atoms with Gasteiger partial charge in [-0.3, -0.25) is 9.20 Å². The van der Waals surface area contributed by atoms with Crippen molar-refractivity contribution in [3.63, 3.8) is 0 Å². The van der Waals surface area contributed by atoms with Gasteiger partial charge in [-0.05, 0) is 94.1 Å². The molecule has 4 heterocycles. The molecular weight excluding hydrogens is 670 g/mol. The van der Waals surface area contributed by atoms with E-state index in [1.165, 1.54) is 6.42 Å². The lowest BCUT2D eigenvalue weighted by Crippen LogP contribution is -2.43. The van der Waals surface area contributed by atoms with Crippen molar-refractivity contribution in [3.05, 3.63) is 95.3 Å². The van der Waals surface area contributed by atoms with E-state index in [0.717, 1.165) is 70.7 Å². The van der Waals surface area contributed by atoms with E-state index in [2.05, 4.69) is 32.2 Å². The molecule has 13 nitrogen and oxygen atoms in total. The molecule has 0 radical (unpaired) electrons. The number of carbonyl (C=O) groups is 2. The molecule has 3 atom stereocenters. The smallest absolute Gasteiger partial charge is 0.357 e. The summed E-state index contributed by atoms with van der Waals surface area (Å²) >= 11 is 0. The van der Waals surface area contributed by atoms with E-state index in [1.54, 1.807) is 10.7 Å². The summed E-state index contributed by atoms with van der Waals surface area (Å²) in [5.74, 6) is 1.87. The lowest BCUT2D eigenvalue weighted by Gasteiger charge is -2.34. The summed E-state index contributed by atoms with van der Waals surface area (Å²) in [4.78, 5) is 35.9. The lowest BCUT2D eigenvalue weighted by molar-refractivity contribution is -0.129. The number of amides is 2. The minimum absolute atomic E-state index is 0.238. The van der Waals surface area contributed by atoms with Gasteiger partial charge in [0.2, 0.25) is 5.95 Å². The molecule has 5 aromatic rings. The third kappa shape index (κ3) is 7.57. The highest BCUT2D eigenvalue weighted by atomic mass is 16.7. The third-order valence-electron chi connectivity index (χ3n) is 10.1. The minimum Gasteiger partial charge on any atom is -0.484 e. The Morgan fingerprint density at radius 3 is 2.55 bits per heavy atom. The first-order valence-corrected chi connectivity index (χ1v) is 18.4. The summed E-state index contributed by atoms with van der Waals surface area (Å²) in [5.41, 5.74) is 4.92. The first-order valence-electron chi connectivity index (χ1n) is 18.4. The van der Waals surface area contributed by atoms with Crippen molar-refractivity contribution >= 4 is 29.9 Å². The number of piperidine rings is 1. The van der Waals surface area contributed by atoms with Gasteiger partial charge in [0.05, 0.1) is 23.6 Å². The molecule has 0 spiro atoms. The number of hydrogen-bond donors (Lipinski definition) is 1. The van der Waals surface area contributed by atoms with Gasteiger partial charge in [-0.1, -0.05) is 57.2 Å². The topological polar surface area (TPSA) is 122 Å². The van der Waals surface area contributed by atoms with Gasteiger partial charge in [0.25, 0.3) is 0 Å². The number of benzene rings is 2. The first-order chi connectivity index (χ1) is 25.5. The molecule has 1 aliphatic carbocycles. The average molecular weight is 720 g/mol. The van der Waals surface area contributed by atoms with Crippen molar-refractivity contribution in [3.8, 4) is 11.4 Å². The van der Waals surface area contributed by atoms with Crippen LogP contribution in [-0.2, 0) is 21.6 Å². The molecule has 1 fully saturated rings. The largest absolute Gasteiger partial charge is 0.484 e. The average Bonchev–Trinajstić information content (AvgIpc) is 3.77. The number of rotatable bonds is 10. The highest BCUT2D eigenvalue weighted by molar-refractivity contribution is 5.90. The van der Waals surface area contributed by atoms with E-state index >= 15 is 0 Å². The zero-order valence-electron chi connectivity index (χ0n) is 31.4. The van der Waals surface area contributed by atoms with Crippen molar-refractivity contribution in [2.75, 3.05) is 30.6 Å². The van der Waals surface area contributed by atoms with E-state index in [9.17, 15) is 9.59 Å². The van der Waals surface area contributed by atoms with Crippen molar-refractivity contribution in [1.29, 1.82) is 0 Å². The standard InChI is InChI=1S/C40H49N9O4/c1-27-12-9-10-21-46(27)38-43-42-36-20-17-30(25-47(36)38)53-34-19-18-33(31-15-7-8-16-32(31)34)41-39(51)49(52-26-50)37-23-35(40(2,3)4)44-48(37)29-14-11-13-28(22-29)24-45(5)6/h7-8,11,13-17,20,22-23,25-27,33-34H,9-10,12,18-19,21,24H2,1-6H3,(H,41,51)/t27-,33-,34+/m0/s1. The van der Waals surface area contributed by atoms with E-state index in [4.69, 9.17) is 14.7 Å². The molecule has 0 unspecified atom stereocenters. The summed E-state index contributed by atoms with van der Waals surface area (Å²) in [6.07, 6.45) is 6.48. The first kappa shape index (κ1) is 36.0. The normalized spacial score (nSPS) is 18.8. The molecule has 1 N–H and O–H groups in total. The number of anilines is 2. The van der Waals surface area contributed by atoms with Crippen LogP contribution in [0.5, 0.6) is 5.75 Å². The molecule has 7 rings (SSSR count). The van der Waals surface area contributed by atoms with Crippen LogP contribution in [0.15, 0.2) is 72.9 Å². The Balaban J connectivity index is 1.14. The predicted octanol–water partition coefficient (Wildman–Crippen LogP) is 6.91. The van der Waals surface area contributed by atoms with Crippen molar-refractivity contribution in [1.82, 2.24) is 34.6 Å². The van der Waals surface area contributed by atoms with Gasteiger partial charge in [-0.2, -0.15) is 5.10 Å². The highest BCUT2D eigenvalue weighted by Gasteiger charge is 2.34. The van der Waals surface area contributed by atoms with Gasteiger partial charge in [0.1, 0.15) is 11.9 Å². The van der Waals surface area contributed by atoms with Crippen LogP contribution in [0.2, 0.25) is 0 Å². The van der Waals surface area contributed by atoms with Crippen molar-refractivity contribution in [2.45, 2.75) is 89.9 Å². The molecule has 2 aliphatic rings. The number of urea groups is 1. The maximum absolute atomic E-state index is 14.2. The van der Waals surface area contributed by atoms with Crippen LogP contribution in [0, 0.1) is 0 Å². The number of carbonyl (C=O) groups excluding carboxylic acids is 2. The van der Waals surface area contributed by atoms with Gasteiger partial charge >= 0.3 is 12.5 Å². The number of fused-ring (bicyclic) bond motifs is 2. The minimum atomic E-state index is -0.583. The Hall–Kier alpha value is -5.43. The molecule has 1 aliphatic heterocycles. The fourth-order valence-corrected chi connectivity index (χ4v) is 7.39. The Bertz CT molecular complexity index is 2080. The Kier molecular flexibility index (Phi) is 10.1. The monoisotopic (exact) mass is 719 g/mol. The van der Waals surface area contributed by atoms with Crippen LogP contribution < -0.4 is 20.0 Å². The number of aromatic nitrogens is 5. The number of hydroxylamine groups is 1. The quantitative estimate of drug-likeness (QED) is 0.121. The number of pyridine rings is 1. The molecule has 13 heteroatoms. The van der Waals surface area contributed by atoms with E-state index in [0.29, 0.717) is 30.5 Å². The van der Waals surface area contributed by atoms with E-state index < -0.39 is 6.03 Å². The fourth-order valence-electron chi connectivity index (χ4n) is 7.39. The Morgan fingerprint density at radius 1 is 0.981 bits per heavy atom. The molecule has 3 aromatic heterocycles. The number of nitrogens with one attached hydrogen (secondary N) is 1. The fraction of sp³-hybridized carbons (Fsp3) is 0.425. The van der Waals surface area contributed by atoms with E-state index in [1.807, 2.05) is 106 Å². The Labute approximate surface area is 310 Å². The van der Waals surface area contributed by atoms with Crippen LogP contribution in [0.1, 0.15) is 94.3 Å². The molecular formula is C40H49N9O4. The summed E-state index contributed by atoms with van der Waals surface area (Å²) in [6, 6.07) is 21.1. The maximum Gasteiger partial charge on any atom is 0.357 e. The summed E-state index contributed by atoms with van der Waals surface area (Å²) in [5, 5.41) is 18.0. The maximum atomic E-state index is 14.2. The summed E-state index contributed by atoms with van der Waals surface area (Å²) in [6.45, 7) is 10.3. The van der Waals surface area contributed by atoms with Gasteiger partial charge in [0, 0.05) is 30.6 Å². The number of ether oxygens (including phenoxy) is 1. The second kappa shape index (κ2) is 14.9. The lowest BCUT2D eigenvalue weighted by atomic mass is 9.85. The van der Waals surface area contributed by atoms with Crippen LogP contribution >= 0.6 is 0 Å². The van der Waals surface area contributed by atoms with Crippen molar-refractivity contribution < 1.29 is 19.2 Å². The predicted molar refractivity (Wildman–Crippen MR) is 203 cm³/mol. The van der Waals surface area contributed by atoms with Gasteiger partial charge in [0.15, 0.2) is 11.5 Å². The number of nitrogens with zero attached hydrogens (tertiary/aromatic N) is 8. The molecule has 0 saturated carbocycles. The second-order valence-corrected chi connectivity index (χ2v) is 15.4. The summed E-state index contributed by atoms with van der Waals surface area (Å²) < 4.78 is 10.3. The van der Waals surface area contributed by atoms with Gasteiger partial charge < -0.3 is 24.7 Å². The summed E-state index contributed by atoms with van der Waals surface area (Å²) in [7, 11) is 4.02. The van der Waals surface area contributed by atoms with Crippen molar-refractivity contribution in [2.24, 2.45) is 0 Å².